The molecule has 0 saturated carbocycles. The van der Waals surface area contributed by atoms with Crippen molar-refractivity contribution in [2.75, 3.05) is 0 Å². The third kappa shape index (κ3) is 3.06. The lowest BCUT2D eigenvalue weighted by Gasteiger charge is -2.09. The van der Waals surface area contributed by atoms with E-state index in [0.29, 0.717) is 5.56 Å². The predicted octanol–water partition coefficient (Wildman–Crippen LogP) is 0.436. The SMILES string of the molecule is Cc1cc(C)cc(C(=O)N[C@@H](O)C(=O)O)c1. The summed E-state index contributed by atoms with van der Waals surface area (Å²) in [5.41, 5.74) is 2.13. The van der Waals surface area contributed by atoms with E-state index in [4.69, 9.17) is 10.2 Å². The van der Waals surface area contributed by atoms with Crippen LogP contribution in [-0.4, -0.2) is 28.3 Å². The first-order chi connectivity index (χ1) is 7.40. The zero-order valence-electron chi connectivity index (χ0n) is 9.02. The number of aliphatic hydroxyl groups is 1. The molecule has 5 heteroatoms. The van der Waals surface area contributed by atoms with Gasteiger partial charge in [-0.2, -0.15) is 0 Å². The summed E-state index contributed by atoms with van der Waals surface area (Å²) >= 11 is 0. The summed E-state index contributed by atoms with van der Waals surface area (Å²) in [6.07, 6.45) is -1.88. The molecule has 1 rings (SSSR count). The van der Waals surface area contributed by atoms with Gasteiger partial charge >= 0.3 is 5.97 Å². The predicted molar refractivity (Wildman–Crippen MR) is 57.0 cm³/mol. The first-order valence-electron chi connectivity index (χ1n) is 4.70. The van der Waals surface area contributed by atoms with Crippen molar-refractivity contribution in [1.82, 2.24) is 5.32 Å². The molecule has 16 heavy (non-hydrogen) atoms. The Hall–Kier alpha value is -1.88. The molecule has 0 saturated heterocycles. The molecule has 1 atom stereocenters. The van der Waals surface area contributed by atoms with Crippen molar-refractivity contribution in [3.63, 3.8) is 0 Å². The summed E-state index contributed by atoms with van der Waals surface area (Å²) in [6.45, 7) is 3.66. The number of carboxylic acids is 1. The average Bonchev–Trinajstić information content (AvgIpc) is 2.15. The number of hydrogen-bond acceptors (Lipinski definition) is 3. The van der Waals surface area contributed by atoms with Gasteiger partial charge in [-0.05, 0) is 26.0 Å². The van der Waals surface area contributed by atoms with Crippen molar-refractivity contribution < 1.29 is 19.8 Å². The highest BCUT2D eigenvalue weighted by molar-refractivity contribution is 5.96. The minimum absolute atomic E-state index is 0.331. The van der Waals surface area contributed by atoms with Crippen molar-refractivity contribution in [3.05, 3.63) is 34.9 Å². The van der Waals surface area contributed by atoms with E-state index >= 15 is 0 Å². The minimum Gasteiger partial charge on any atom is -0.478 e. The molecule has 0 fully saturated rings. The Morgan fingerprint density at radius 1 is 1.19 bits per heavy atom. The first-order valence-corrected chi connectivity index (χ1v) is 4.70. The standard InChI is InChI=1S/C11H13NO4/c1-6-3-7(2)5-8(4-6)9(13)12-10(14)11(15)16/h3-5,10,14H,1-2H3,(H,12,13)(H,15,16)/t10-/m0/s1. The smallest absolute Gasteiger partial charge is 0.353 e. The van der Waals surface area contributed by atoms with E-state index in [2.05, 4.69) is 0 Å². The molecule has 1 aromatic rings. The normalized spacial score (nSPS) is 11.9. The second-order valence-corrected chi connectivity index (χ2v) is 3.59. The fourth-order valence-electron chi connectivity index (χ4n) is 1.38. The van der Waals surface area contributed by atoms with Crippen molar-refractivity contribution in [2.45, 2.75) is 20.1 Å². The van der Waals surface area contributed by atoms with Crippen LogP contribution in [0.3, 0.4) is 0 Å². The molecule has 0 spiro atoms. The Morgan fingerprint density at radius 3 is 2.12 bits per heavy atom. The number of rotatable bonds is 3. The van der Waals surface area contributed by atoms with Gasteiger partial charge in [0.25, 0.3) is 5.91 Å². The summed E-state index contributed by atoms with van der Waals surface area (Å²) in [5.74, 6) is -2.10. The van der Waals surface area contributed by atoms with E-state index in [-0.39, 0.29) is 0 Å². The number of hydrogen-bond donors (Lipinski definition) is 3. The van der Waals surface area contributed by atoms with E-state index in [1.54, 1.807) is 12.1 Å². The molecule has 1 aromatic carbocycles. The van der Waals surface area contributed by atoms with Gasteiger partial charge in [0.05, 0.1) is 0 Å². The number of amides is 1. The highest BCUT2D eigenvalue weighted by atomic mass is 16.4. The lowest BCUT2D eigenvalue weighted by molar-refractivity contribution is -0.147. The summed E-state index contributed by atoms with van der Waals surface area (Å²) in [6, 6.07) is 5.14. The molecule has 0 bridgehead atoms. The quantitative estimate of drug-likeness (QED) is 0.649. The van der Waals surface area contributed by atoms with Crippen LogP contribution in [0.1, 0.15) is 21.5 Å². The zero-order valence-corrected chi connectivity index (χ0v) is 9.02. The number of carboxylic acid groups (broad SMARTS) is 1. The maximum atomic E-state index is 11.5. The summed E-state index contributed by atoms with van der Waals surface area (Å²) in [5, 5.41) is 19.4. The van der Waals surface area contributed by atoms with Gasteiger partial charge in [-0.25, -0.2) is 4.79 Å². The average molecular weight is 223 g/mol. The highest BCUT2D eigenvalue weighted by Gasteiger charge is 2.17. The molecular weight excluding hydrogens is 210 g/mol. The molecule has 0 aromatic heterocycles. The van der Waals surface area contributed by atoms with Crippen LogP contribution in [0.25, 0.3) is 0 Å². The molecule has 0 heterocycles. The monoisotopic (exact) mass is 223 g/mol. The number of benzene rings is 1. The third-order valence-corrected chi connectivity index (χ3v) is 1.99. The van der Waals surface area contributed by atoms with Gasteiger partial charge in [-0.15, -0.1) is 0 Å². The minimum atomic E-state index is -1.88. The summed E-state index contributed by atoms with van der Waals surface area (Å²) in [4.78, 5) is 21.9. The fourth-order valence-corrected chi connectivity index (χ4v) is 1.38. The molecule has 0 aliphatic heterocycles. The van der Waals surface area contributed by atoms with E-state index in [1.165, 1.54) is 0 Å². The van der Waals surface area contributed by atoms with Crippen LogP contribution in [-0.2, 0) is 4.79 Å². The van der Waals surface area contributed by atoms with Gasteiger partial charge < -0.3 is 15.5 Å². The Morgan fingerprint density at radius 2 is 1.69 bits per heavy atom. The topological polar surface area (TPSA) is 86.6 Å². The van der Waals surface area contributed by atoms with Crippen molar-refractivity contribution in [1.29, 1.82) is 0 Å². The Labute approximate surface area is 92.7 Å². The van der Waals surface area contributed by atoms with Crippen molar-refractivity contribution >= 4 is 11.9 Å². The van der Waals surface area contributed by atoms with Gasteiger partial charge in [-0.1, -0.05) is 17.2 Å². The molecular formula is C11H13NO4. The van der Waals surface area contributed by atoms with Crippen LogP contribution in [0.2, 0.25) is 0 Å². The van der Waals surface area contributed by atoms with E-state index in [1.807, 2.05) is 25.2 Å². The van der Waals surface area contributed by atoms with Crippen LogP contribution in [0.5, 0.6) is 0 Å². The maximum absolute atomic E-state index is 11.5. The molecule has 0 aliphatic carbocycles. The summed E-state index contributed by atoms with van der Waals surface area (Å²) in [7, 11) is 0. The maximum Gasteiger partial charge on any atom is 0.353 e. The first kappa shape index (κ1) is 12.2. The molecule has 5 nitrogen and oxygen atoms in total. The Bertz CT molecular complexity index is 408. The van der Waals surface area contributed by atoms with Crippen LogP contribution < -0.4 is 5.32 Å². The number of carbonyl (C=O) groups excluding carboxylic acids is 1. The molecule has 86 valence electrons. The molecule has 1 amide bonds. The third-order valence-electron chi connectivity index (χ3n) is 1.99. The number of aryl methyl sites for hydroxylation is 2. The number of nitrogens with one attached hydrogen (secondary N) is 1. The summed E-state index contributed by atoms with van der Waals surface area (Å²) < 4.78 is 0. The van der Waals surface area contributed by atoms with Gasteiger partial charge in [-0.3, -0.25) is 4.79 Å². The lowest BCUT2D eigenvalue weighted by Crippen LogP contribution is -2.40. The van der Waals surface area contributed by atoms with Crippen LogP contribution in [0, 0.1) is 13.8 Å². The van der Waals surface area contributed by atoms with Crippen LogP contribution >= 0.6 is 0 Å². The van der Waals surface area contributed by atoms with Gasteiger partial charge in [0, 0.05) is 5.56 Å². The number of aliphatic hydroxyl groups excluding tert-OH is 1. The largest absolute Gasteiger partial charge is 0.478 e. The van der Waals surface area contributed by atoms with Gasteiger partial charge in [0.1, 0.15) is 0 Å². The van der Waals surface area contributed by atoms with Crippen LogP contribution in [0.15, 0.2) is 18.2 Å². The van der Waals surface area contributed by atoms with Crippen molar-refractivity contribution in [3.8, 4) is 0 Å². The Kier molecular flexibility index (Phi) is 3.63. The second kappa shape index (κ2) is 4.76. The number of aliphatic carboxylic acids is 1. The molecule has 3 N–H and O–H groups in total. The lowest BCUT2D eigenvalue weighted by atomic mass is 10.1. The van der Waals surface area contributed by atoms with E-state index in [0.717, 1.165) is 11.1 Å². The molecule has 0 aliphatic rings. The highest BCUT2D eigenvalue weighted by Crippen LogP contribution is 2.08. The number of carbonyl (C=O) groups is 2. The molecule has 0 radical (unpaired) electrons. The molecule has 0 unspecified atom stereocenters. The Balaban J connectivity index is 2.84. The van der Waals surface area contributed by atoms with E-state index in [9.17, 15) is 9.59 Å². The van der Waals surface area contributed by atoms with E-state index < -0.39 is 18.1 Å². The van der Waals surface area contributed by atoms with Crippen molar-refractivity contribution in [2.24, 2.45) is 0 Å². The van der Waals surface area contributed by atoms with Crippen LogP contribution in [0.4, 0.5) is 0 Å². The fraction of sp³-hybridized carbons (Fsp3) is 0.273. The van der Waals surface area contributed by atoms with Gasteiger partial charge in [0.2, 0.25) is 6.23 Å². The zero-order chi connectivity index (χ0) is 12.3. The van der Waals surface area contributed by atoms with Gasteiger partial charge in [0.15, 0.2) is 0 Å². The second-order valence-electron chi connectivity index (χ2n) is 3.59.